The number of nitrogens with zero attached hydrogens (tertiary/aromatic N) is 1. The Kier molecular flexibility index (Phi) is 6.26. The summed E-state index contributed by atoms with van der Waals surface area (Å²) in [6.45, 7) is 0. The van der Waals surface area contributed by atoms with Crippen LogP contribution in [0.25, 0.3) is 0 Å². The van der Waals surface area contributed by atoms with Crippen molar-refractivity contribution in [1.29, 1.82) is 0 Å². The average Bonchev–Trinajstić information content (AvgIpc) is 2.57. The predicted octanol–water partition coefficient (Wildman–Crippen LogP) is 3.20. The third-order valence-electron chi connectivity index (χ3n) is 2.64. The van der Waals surface area contributed by atoms with Crippen LogP contribution in [0.3, 0.4) is 0 Å². The second kappa shape index (κ2) is 8.69. The third kappa shape index (κ3) is 4.79. The Morgan fingerprint density at radius 1 is 1.14 bits per heavy atom. The Morgan fingerprint density at radius 3 is 2.68 bits per heavy atom. The molecule has 0 radical (unpaired) electrons. The van der Waals surface area contributed by atoms with Gasteiger partial charge in [-0.1, -0.05) is 18.2 Å². The first-order valence-corrected chi connectivity index (χ1v) is 7.41. The molecule has 0 heterocycles. The minimum Gasteiger partial charge on any atom is -0.493 e. The van der Waals surface area contributed by atoms with Crippen LogP contribution in [-0.4, -0.2) is 20.4 Å². The van der Waals surface area contributed by atoms with Crippen LogP contribution in [0, 0.1) is 5.31 Å². The molecule has 0 aromatic heterocycles. The van der Waals surface area contributed by atoms with Crippen LogP contribution in [0.15, 0.2) is 53.6 Å². The SMILES string of the molecule is CNS#CN/N=C/c1ccc(Oc2ccccc2)c(OC)c1. The summed E-state index contributed by atoms with van der Waals surface area (Å²) >= 11 is 1.29. The molecule has 0 amide bonds. The van der Waals surface area contributed by atoms with E-state index in [4.69, 9.17) is 9.47 Å². The molecular formula is C16H17N3O2S. The van der Waals surface area contributed by atoms with Crippen LogP contribution < -0.4 is 19.6 Å². The molecule has 22 heavy (non-hydrogen) atoms. The van der Waals surface area contributed by atoms with E-state index in [2.05, 4.69) is 20.6 Å². The van der Waals surface area contributed by atoms with Crippen molar-refractivity contribution in [3.05, 3.63) is 54.1 Å². The van der Waals surface area contributed by atoms with Gasteiger partial charge in [-0.3, -0.25) is 0 Å². The van der Waals surface area contributed by atoms with Crippen molar-refractivity contribution in [2.75, 3.05) is 14.2 Å². The maximum Gasteiger partial charge on any atom is 0.169 e. The maximum absolute atomic E-state index is 5.80. The molecule has 2 aromatic carbocycles. The highest BCUT2D eigenvalue weighted by Gasteiger charge is 2.06. The molecule has 114 valence electrons. The van der Waals surface area contributed by atoms with E-state index in [1.165, 1.54) is 11.4 Å². The lowest BCUT2D eigenvalue weighted by Crippen LogP contribution is -1.97. The number of benzene rings is 2. The molecular weight excluding hydrogens is 298 g/mol. The van der Waals surface area contributed by atoms with Gasteiger partial charge in [0, 0.05) is 0 Å². The second-order valence-corrected chi connectivity index (χ2v) is 4.92. The van der Waals surface area contributed by atoms with Crippen LogP contribution in [0.1, 0.15) is 5.56 Å². The number of ether oxygens (including phenoxy) is 2. The molecule has 0 saturated heterocycles. The van der Waals surface area contributed by atoms with E-state index >= 15 is 0 Å². The highest BCUT2D eigenvalue weighted by atomic mass is 32.1. The fraction of sp³-hybridized carbons (Fsp3) is 0.125. The zero-order valence-corrected chi connectivity index (χ0v) is 13.2. The topological polar surface area (TPSA) is 54.9 Å². The van der Waals surface area contributed by atoms with E-state index < -0.39 is 0 Å². The molecule has 0 saturated carbocycles. The van der Waals surface area contributed by atoms with Gasteiger partial charge in [-0.05, 0) is 54.3 Å². The quantitative estimate of drug-likeness (QED) is 0.385. The minimum absolute atomic E-state index is 0.644. The van der Waals surface area contributed by atoms with Crippen molar-refractivity contribution in [2.45, 2.75) is 0 Å². The number of rotatable bonds is 5. The standard InChI is InChI=1S/C16H17N3O2S/c1-17-22-12-19-18-11-13-8-9-15(16(10-13)20-2)21-14-6-4-3-5-7-14/h3-11,17,19H,1-2H3/b18-11+. The van der Waals surface area contributed by atoms with E-state index in [0.717, 1.165) is 11.3 Å². The van der Waals surface area contributed by atoms with Crippen molar-refractivity contribution >= 4 is 17.6 Å². The van der Waals surface area contributed by atoms with Gasteiger partial charge in [-0.2, -0.15) is 5.10 Å². The molecule has 0 fully saturated rings. The Balaban J connectivity index is 2.10. The van der Waals surface area contributed by atoms with Crippen molar-refractivity contribution in [3.8, 4) is 22.6 Å². The number of hydrogen-bond acceptors (Lipinski definition) is 5. The van der Waals surface area contributed by atoms with E-state index in [-0.39, 0.29) is 0 Å². The van der Waals surface area contributed by atoms with E-state index in [1.54, 1.807) is 20.4 Å². The van der Waals surface area contributed by atoms with Crippen molar-refractivity contribution < 1.29 is 9.47 Å². The monoisotopic (exact) mass is 315 g/mol. The van der Waals surface area contributed by atoms with Gasteiger partial charge in [0.05, 0.1) is 18.6 Å². The Morgan fingerprint density at radius 2 is 1.95 bits per heavy atom. The van der Waals surface area contributed by atoms with Crippen LogP contribution in [-0.2, 0) is 0 Å². The van der Waals surface area contributed by atoms with Gasteiger partial charge in [0.15, 0.2) is 11.5 Å². The van der Waals surface area contributed by atoms with Gasteiger partial charge in [-0.15, -0.1) is 0 Å². The van der Waals surface area contributed by atoms with E-state index in [0.29, 0.717) is 11.5 Å². The zero-order chi connectivity index (χ0) is 15.6. The van der Waals surface area contributed by atoms with Gasteiger partial charge in [-0.25, -0.2) is 10.1 Å². The Labute approximate surface area is 133 Å². The number of methoxy groups -OCH3 is 1. The van der Waals surface area contributed by atoms with Crippen LogP contribution in [0.4, 0.5) is 0 Å². The fourth-order valence-corrected chi connectivity index (χ4v) is 1.87. The highest BCUT2D eigenvalue weighted by Crippen LogP contribution is 2.31. The lowest BCUT2D eigenvalue weighted by molar-refractivity contribution is 0.379. The van der Waals surface area contributed by atoms with Gasteiger partial charge in [0.25, 0.3) is 0 Å². The summed E-state index contributed by atoms with van der Waals surface area (Å²) in [7, 11) is 3.41. The molecule has 0 aliphatic heterocycles. The summed E-state index contributed by atoms with van der Waals surface area (Å²) in [5, 5.41) is 6.80. The molecule has 0 atom stereocenters. The lowest BCUT2D eigenvalue weighted by atomic mass is 10.2. The van der Waals surface area contributed by atoms with E-state index in [9.17, 15) is 0 Å². The average molecular weight is 315 g/mol. The summed E-state index contributed by atoms with van der Waals surface area (Å²) < 4.78 is 14.0. The molecule has 0 bridgehead atoms. The van der Waals surface area contributed by atoms with Crippen LogP contribution >= 0.6 is 11.4 Å². The zero-order valence-electron chi connectivity index (χ0n) is 12.4. The van der Waals surface area contributed by atoms with E-state index in [1.807, 2.05) is 48.5 Å². The summed E-state index contributed by atoms with van der Waals surface area (Å²) in [6, 6.07) is 15.2. The third-order valence-corrected chi connectivity index (χ3v) is 3.03. The summed E-state index contributed by atoms with van der Waals surface area (Å²) in [6.07, 6.45) is 1.68. The molecule has 2 rings (SSSR count). The van der Waals surface area contributed by atoms with Crippen molar-refractivity contribution in [3.63, 3.8) is 0 Å². The first kappa shape index (κ1) is 15.9. The largest absolute Gasteiger partial charge is 0.493 e. The maximum atomic E-state index is 5.80. The normalized spacial score (nSPS) is 10.1. The van der Waals surface area contributed by atoms with Crippen LogP contribution in [0.2, 0.25) is 0 Å². The first-order valence-electron chi connectivity index (χ1n) is 6.60. The van der Waals surface area contributed by atoms with Crippen LogP contribution in [0.5, 0.6) is 17.2 Å². The summed E-state index contributed by atoms with van der Waals surface area (Å²) in [5.74, 6) is 2.06. The Bertz CT molecular complexity index is 694. The second-order valence-electron chi connectivity index (χ2n) is 4.10. The lowest BCUT2D eigenvalue weighted by Gasteiger charge is -2.10. The molecule has 0 aliphatic carbocycles. The highest BCUT2D eigenvalue weighted by molar-refractivity contribution is 7.86. The number of hydrogen-bond donors (Lipinski definition) is 2. The van der Waals surface area contributed by atoms with Crippen molar-refractivity contribution in [2.24, 2.45) is 5.10 Å². The predicted molar refractivity (Wildman–Crippen MR) is 90.8 cm³/mol. The van der Waals surface area contributed by atoms with Gasteiger partial charge in [0.2, 0.25) is 0 Å². The molecule has 6 heteroatoms. The molecule has 2 N–H and O–H groups in total. The number of nitrogens with one attached hydrogen (secondary N) is 2. The summed E-state index contributed by atoms with van der Waals surface area (Å²) in [4.78, 5) is 0. The fourth-order valence-electron chi connectivity index (χ4n) is 1.67. The number of para-hydroxylation sites is 1. The molecule has 2 aromatic rings. The van der Waals surface area contributed by atoms with Crippen molar-refractivity contribution in [1.82, 2.24) is 10.1 Å². The van der Waals surface area contributed by atoms with Gasteiger partial charge < -0.3 is 9.47 Å². The molecule has 0 unspecified atom stereocenters. The smallest absolute Gasteiger partial charge is 0.169 e. The van der Waals surface area contributed by atoms with Gasteiger partial charge >= 0.3 is 0 Å². The first-order chi connectivity index (χ1) is 10.8. The Hall–Kier alpha value is -2.53. The molecule has 0 spiro atoms. The minimum atomic E-state index is 0.644. The van der Waals surface area contributed by atoms with Gasteiger partial charge in [0.1, 0.15) is 5.75 Å². The number of hydrazone groups is 1. The molecule has 5 nitrogen and oxygen atoms in total. The molecule has 0 aliphatic rings. The summed E-state index contributed by atoms with van der Waals surface area (Å²) in [5.41, 5.74) is 3.56.